The van der Waals surface area contributed by atoms with Crippen LogP contribution in [-0.4, -0.2) is 42.0 Å². The molecule has 24 heavy (non-hydrogen) atoms. The number of fused-ring (bicyclic) bond motifs is 1. The number of ether oxygens (including phenoxy) is 2. The molecule has 0 radical (unpaired) electrons. The predicted octanol–water partition coefficient (Wildman–Crippen LogP) is 1.97. The minimum Gasteiger partial charge on any atom is -0.497 e. The average Bonchev–Trinajstić information content (AvgIpc) is 3.18. The Morgan fingerprint density at radius 1 is 1.21 bits per heavy atom. The normalized spacial score (nSPS) is 10.6. The molecule has 0 unspecified atom stereocenters. The molecule has 7 nitrogen and oxygen atoms in total. The van der Waals surface area contributed by atoms with Gasteiger partial charge in [0.15, 0.2) is 4.96 Å². The number of carbonyl (C=O) groups is 2. The van der Waals surface area contributed by atoms with Crippen molar-refractivity contribution >= 4 is 28.2 Å². The number of benzene rings is 1. The van der Waals surface area contributed by atoms with Crippen molar-refractivity contribution in [2.75, 3.05) is 20.8 Å². The lowest BCUT2D eigenvalue weighted by molar-refractivity contribution is -0.139. The first-order chi connectivity index (χ1) is 11.6. The molecule has 0 saturated heterocycles. The second kappa shape index (κ2) is 6.71. The topological polar surface area (TPSA) is 81.9 Å². The Morgan fingerprint density at radius 3 is 2.58 bits per heavy atom. The van der Waals surface area contributed by atoms with Gasteiger partial charge < -0.3 is 14.8 Å². The number of esters is 1. The molecule has 0 spiro atoms. The molecule has 1 N–H and O–H groups in total. The summed E-state index contributed by atoms with van der Waals surface area (Å²) in [6.07, 6.45) is 3.54. The summed E-state index contributed by atoms with van der Waals surface area (Å²) in [7, 11) is 2.89. The van der Waals surface area contributed by atoms with E-state index in [0.717, 1.165) is 16.2 Å². The van der Waals surface area contributed by atoms with Crippen molar-refractivity contribution in [3.8, 4) is 16.2 Å². The van der Waals surface area contributed by atoms with Crippen LogP contribution in [0.5, 0.6) is 5.75 Å². The molecule has 0 atom stereocenters. The van der Waals surface area contributed by atoms with Gasteiger partial charge in [0, 0.05) is 12.4 Å². The van der Waals surface area contributed by atoms with Gasteiger partial charge in [0.05, 0.1) is 19.1 Å². The van der Waals surface area contributed by atoms with Crippen molar-refractivity contribution in [2.24, 2.45) is 0 Å². The molecule has 1 aromatic carbocycles. The quantitative estimate of drug-likeness (QED) is 0.715. The zero-order valence-electron chi connectivity index (χ0n) is 13.1. The van der Waals surface area contributed by atoms with Gasteiger partial charge in [-0.3, -0.25) is 14.0 Å². The van der Waals surface area contributed by atoms with E-state index < -0.39 is 11.9 Å². The number of rotatable bonds is 5. The van der Waals surface area contributed by atoms with E-state index in [-0.39, 0.29) is 12.2 Å². The number of hydrogen-bond donors (Lipinski definition) is 1. The zero-order valence-corrected chi connectivity index (χ0v) is 13.9. The number of amides is 1. The van der Waals surface area contributed by atoms with Crippen molar-refractivity contribution in [3.63, 3.8) is 0 Å². The highest BCUT2D eigenvalue weighted by Gasteiger charge is 2.14. The Balaban J connectivity index is 1.77. The summed E-state index contributed by atoms with van der Waals surface area (Å²) in [5.41, 5.74) is 1.30. The Bertz CT molecular complexity index is 851. The zero-order chi connectivity index (χ0) is 17.1. The summed E-state index contributed by atoms with van der Waals surface area (Å²) in [5, 5.41) is 2.46. The van der Waals surface area contributed by atoms with Crippen molar-refractivity contribution < 1.29 is 19.1 Å². The first-order valence-corrected chi connectivity index (χ1v) is 7.90. The molecule has 8 heteroatoms. The summed E-state index contributed by atoms with van der Waals surface area (Å²) in [6, 6.07) is 7.72. The third kappa shape index (κ3) is 3.23. The van der Waals surface area contributed by atoms with Crippen LogP contribution in [0.3, 0.4) is 0 Å². The van der Waals surface area contributed by atoms with Crippen molar-refractivity contribution in [1.29, 1.82) is 0 Å². The Morgan fingerprint density at radius 2 is 1.96 bits per heavy atom. The second-order valence-electron chi connectivity index (χ2n) is 4.90. The molecule has 3 aromatic rings. The standard InChI is InChI=1S/C16H15N3O4S/c1-22-11-5-3-10(4-6-11)13-9-19-8-12(18-16(19)24-13)15(21)17-7-14(20)23-2/h3-6,8-9H,7H2,1-2H3,(H,17,21). The Labute approximate surface area is 141 Å². The van der Waals surface area contributed by atoms with E-state index in [1.54, 1.807) is 17.7 Å². The lowest BCUT2D eigenvalue weighted by atomic mass is 10.2. The predicted molar refractivity (Wildman–Crippen MR) is 89.4 cm³/mol. The molecular formula is C16H15N3O4S. The van der Waals surface area contributed by atoms with Gasteiger partial charge in [-0.15, -0.1) is 0 Å². The number of methoxy groups -OCH3 is 2. The molecule has 0 aliphatic rings. The van der Waals surface area contributed by atoms with E-state index in [0.29, 0.717) is 4.96 Å². The summed E-state index contributed by atoms with van der Waals surface area (Å²) in [5.74, 6) is -0.127. The molecule has 0 aliphatic heterocycles. The highest BCUT2D eigenvalue weighted by molar-refractivity contribution is 7.20. The summed E-state index contributed by atoms with van der Waals surface area (Å²) >= 11 is 1.47. The summed E-state index contributed by atoms with van der Waals surface area (Å²) in [4.78, 5) is 29.0. The second-order valence-corrected chi connectivity index (χ2v) is 5.91. The highest BCUT2D eigenvalue weighted by Crippen LogP contribution is 2.29. The van der Waals surface area contributed by atoms with Crippen LogP contribution >= 0.6 is 11.3 Å². The first kappa shape index (κ1) is 16.0. The van der Waals surface area contributed by atoms with E-state index in [1.807, 2.05) is 30.5 Å². The largest absolute Gasteiger partial charge is 0.497 e. The Kier molecular flexibility index (Phi) is 4.48. The number of aromatic nitrogens is 2. The third-order valence-electron chi connectivity index (χ3n) is 3.38. The lowest BCUT2D eigenvalue weighted by Crippen LogP contribution is -2.30. The average molecular weight is 345 g/mol. The number of nitrogens with zero attached hydrogens (tertiary/aromatic N) is 2. The van der Waals surface area contributed by atoms with Gasteiger partial charge in [-0.05, 0) is 29.8 Å². The van der Waals surface area contributed by atoms with Crippen LogP contribution in [0.4, 0.5) is 0 Å². The fourth-order valence-corrected chi connectivity index (χ4v) is 3.08. The molecule has 1 amide bonds. The summed E-state index contributed by atoms with van der Waals surface area (Å²) < 4.78 is 11.4. The van der Waals surface area contributed by atoms with Gasteiger partial charge in [0.2, 0.25) is 0 Å². The van der Waals surface area contributed by atoms with Crippen LogP contribution in [0.2, 0.25) is 0 Å². The maximum absolute atomic E-state index is 12.0. The third-order valence-corrected chi connectivity index (χ3v) is 4.43. The smallest absolute Gasteiger partial charge is 0.325 e. The van der Waals surface area contributed by atoms with Crippen molar-refractivity contribution in [3.05, 3.63) is 42.4 Å². The lowest BCUT2D eigenvalue weighted by Gasteiger charge is -2.01. The van der Waals surface area contributed by atoms with Crippen LogP contribution in [0.25, 0.3) is 15.4 Å². The van der Waals surface area contributed by atoms with Crippen molar-refractivity contribution in [1.82, 2.24) is 14.7 Å². The van der Waals surface area contributed by atoms with E-state index in [4.69, 9.17) is 4.74 Å². The van der Waals surface area contributed by atoms with Gasteiger partial charge in [-0.25, -0.2) is 4.98 Å². The van der Waals surface area contributed by atoms with E-state index in [2.05, 4.69) is 15.0 Å². The maximum atomic E-state index is 12.0. The van der Waals surface area contributed by atoms with Crippen molar-refractivity contribution in [2.45, 2.75) is 0 Å². The molecule has 2 aromatic heterocycles. The number of nitrogens with one attached hydrogen (secondary N) is 1. The monoisotopic (exact) mass is 345 g/mol. The van der Waals surface area contributed by atoms with E-state index in [1.165, 1.54) is 18.4 Å². The number of thiazole rings is 1. The molecule has 0 saturated carbocycles. The van der Waals surface area contributed by atoms with Gasteiger partial charge in [-0.1, -0.05) is 11.3 Å². The fraction of sp³-hybridized carbons (Fsp3) is 0.188. The number of imidazole rings is 1. The Hall–Kier alpha value is -2.87. The fourth-order valence-electron chi connectivity index (χ4n) is 2.11. The van der Waals surface area contributed by atoms with E-state index >= 15 is 0 Å². The molecule has 124 valence electrons. The number of hydrogen-bond acceptors (Lipinski definition) is 6. The van der Waals surface area contributed by atoms with Gasteiger partial charge in [0.1, 0.15) is 18.0 Å². The summed E-state index contributed by atoms with van der Waals surface area (Å²) in [6.45, 7) is -0.183. The molecule has 0 fully saturated rings. The van der Waals surface area contributed by atoms with Gasteiger partial charge >= 0.3 is 5.97 Å². The number of carbonyl (C=O) groups excluding carboxylic acids is 2. The molecule has 0 aliphatic carbocycles. The van der Waals surface area contributed by atoms with Gasteiger partial charge in [0.25, 0.3) is 5.91 Å². The van der Waals surface area contributed by atoms with Crippen LogP contribution in [0, 0.1) is 0 Å². The molecule has 0 bridgehead atoms. The van der Waals surface area contributed by atoms with Crippen LogP contribution < -0.4 is 10.1 Å². The van der Waals surface area contributed by atoms with Crippen LogP contribution in [0.1, 0.15) is 10.5 Å². The molecule has 2 heterocycles. The minimum absolute atomic E-state index is 0.183. The minimum atomic E-state index is -0.508. The molecular weight excluding hydrogens is 330 g/mol. The van der Waals surface area contributed by atoms with Crippen LogP contribution in [0.15, 0.2) is 36.7 Å². The highest BCUT2D eigenvalue weighted by atomic mass is 32.1. The molecule has 3 rings (SSSR count). The SMILES string of the molecule is COC(=O)CNC(=O)c1cn2cc(-c3ccc(OC)cc3)sc2n1. The first-order valence-electron chi connectivity index (χ1n) is 7.08. The van der Waals surface area contributed by atoms with E-state index in [9.17, 15) is 9.59 Å². The van der Waals surface area contributed by atoms with Gasteiger partial charge in [-0.2, -0.15) is 0 Å². The van der Waals surface area contributed by atoms with Crippen LogP contribution in [-0.2, 0) is 9.53 Å². The maximum Gasteiger partial charge on any atom is 0.325 e.